The molecule has 0 saturated carbocycles. The second-order valence-electron chi connectivity index (χ2n) is 5.04. The third-order valence-corrected chi connectivity index (χ3v) is 4.74. The number of hydrogen-bond acceptors (Lipinski definition) is 3. The molecule has 0 saturated heterocycles. The summed E-state index contributed by atoms with van der Waals surface area (Å²) in [5.41, 5.74) is 1.71. The maximum atomic E-state index is 12.3. The lowest BCUT2D eigenvalue weighted by atomic mass is 10.1. The maximum absolute atomic E-state index is 12.3. The van der Waals surface area contributed by atoms with E-state index in [0.717, 1.165) is 37.9 Å². The van der Waals surface area contributed by atoms with Crippen LogP contribution >= 0.6 is 0 Å². The number of rotatable bonds is 10. The molecule has 0 aliphatic heterocycles. The lowest BCUT2D eigenvalue weighted by Gasteiger charge is -2.19. The third-order valence-electron chi connectivity index (χ3n) is 3.26. The van der Waals surface area contributed by atoms with Crippen LogP contribution in [-0.2, 0) is 16.6 Å². The lowest BCUT2D eigenvalue weighted by Crippen LogP contribution is -2.34. The predicted octanol–water partition coefficient (Wildman–Crippen LogP) is 2.23. The first kappa shape index (κ1) is 17.9. The summed E-state index contributed by atoms with van der Waals surface area (Å²) < 4.78 is 28.7. The second-order valence-corrected chi connectivity index (χ2v) is 6.82. The summed E-state index contributed by atoms with van der Waals surface area (Å²) in [5.74, 6) is 0. The van der Waals surface area contributed by atoms with Crippen molar-refractivity contribution in [3.63, 3.8) is 0 Å². The van der Waals surface area contributed by atoms with E-state index in [1.54, 1.807) is 7.05 Å². The monoisotopic (exact) mass is 313 g/mol. The molecule has 6 heteroatoms. The summed E-state index contributed by atoms with van der Waals surface area (Å²) in [6, 6.07) is 7.56. The van der Waals surface area contributed by atoms with E-state index in [1.807, 2.05) is 31.2 Å². The number of nitrogens with one attached hydrogen (secondary N) is 2. The summed E-state index contributed by atoms with van der Waals surface area (Å²) in [4.78, 5) is 0. The van der Waals surface area contributed by atoms with Gasteiger partial charge in [-0.05, 0) is 37.6 Å². The van der Waals surface area contributed by atoms with Gasteiger partial charge in [0.05, 0.1) is 5.69 Å². The smallest absolute Gasteiger partial charge is 0.301 e. The summed E-state index contributed by atoms with van der Waals surface area (Å²) >= 11 is 0. The molecule has 0 atom stereocenters. The minimum absolute atomic E-state index is 0.498. The molecular formula is C15H27N3O2S. The number of hydrogen-bond donors (Lipinski definition) is 2. The molecule has 0 heterocycles. The lowest BCUT2D eigenvalue weighted by molar-refractivity contribution is 0.459. The Balaban J connectivity index is 2.67. The number of para-hydroxylation sites is 1. The van der Waals surface area contributed by atoms with Crippen molar-refractivity contribution in [2.24, 2.45) is 0 Å². The van der Waals surface area contributed by atoms with Gasteiger partial charge in [0.2, 0.25) is 0 Å². The SMILES string of the molecule is CCCc1ccccc1NS(=O)(=O)N(C)CCCNCC. The van der Waals surface area contributed by atoms with E-state index in [0.29, 0.717) is 12.2 Å². The standard InChI is InChI=1S/C15H27N3O2S/c1-4-9-14-10-6-7-11-15(14)17-21(19,20)18(3)13-8-12-16-5-2/h6-7,10-11,16-17H,4-5,8-9,12-13H2,1-3H3. The number of benzene rings is 1. The summed E-state index contributed by atoms with van der Waals surface area (Å²) in [7, 11) is -1.88. The average Bonchev–Trinajstić information content (AvgIpc) is 2.45. The number of aryl methyl sites for hydroxylation is 1. The van der Waals surface area contributed by atoms with Crippen molar-refractivity contribution in [1.82, 2.24) is 9.62 Å². The van der Waals surface area contributed by atoms with Crippen molar-refractivity contribution in [3.8, 4) is 0 Å². The Morgan fingerprint density at radius 3 is 2.57 bits per heavy atom. The fourth-order valence-electron chi connectivity index (χ4n) is 2.05. The summed E-state index contributed by atoms with van der Waals surface area (Å²) in [6.45, 7) is 6.34. The largest absolute Gasteiger partial charge is 0.317 e. The zero-order chi connectivity index (χ0) is 15.7. The molecule has 0 spiro atoms. The highest BCUT2D eigenvalue weighted by Gasteiger charge is 2.18. The van der Waals surface area contributed by atoms with Gasteiger partial charge in [0.1, 0.15) is 0 Å². The first-order chi connectivity index (χ1) is 10.0. The van der Waals surface area contributed by atoms with Crippen LogP contribution in [0.1, 0.15) is 32.3 Å². The minimum Gasteiger partial charge on any atom is -0.317 e. The van der Waals surface area contributed by atoms with Crippen LogP contribution in [0, 0.1) is 0 Å². The molecule has 1 aromatic carbocycles. The van der Waals surface area contributed by atoms with E-state index < -0.39 is 10.2 Å². The molecule has 21 heavy (non-hydrogen) atoms. The minimum atomic E-state index is -3.49. The first-order valence-corrected chi connectivity index (χ1v) is 8.98. The molecule has 0 amide bonds. The van der Waals surface area contributed by atoms with Gasteiger partial charge < -0.3 is 5.32 Å². The van der Waals surface area contributed by atoms with Crippen molar-refractivity contribution < 1.29 is 8.42 Å². The van der Waals surface area contributed by atoms with Crippen LogP contribution < -0.4 is 10.0 Å². The highest BCUT2D eigenvalue weighted by Crippen LogP contribution is 2.19. The highest BCUT2D eigenvalue weighted by molar-refractivity contribution is 7.90. The van der Waals surface area contributed by atoms with Crippen LogP contribution in [0.5, 0.6) is 0 Å². The molecule has 0 aliphatic rings. The Hall–Kier alpha value is -1.11. The van der Waals surface area contributed by atoms with Crippen LogP contribution in [0.15, 0.2) is 24.3 Å². The maximum Gasteiger partial charge on any atom is 0.301 e. The highest BCUT2D eigenvalue weighted by atomic mass is 32.2. The Kier molecular flexibility index (Phi) is 7.71. The molecule has 0 aromatic heterocycles. The molecule has 1 rings (SSSR count). The van der Waals surface area contributed by atoms with E-state index in [2.05, 4.69) is 17.0 Å². The molecule has 5 nitrogen and oxygen atoms in total. The van der Waals surface area contributed by atoms with Crippen molar-refractivity contribution >= 4 is 15.9 Å². The van der Waals surface area contributed by atoms with E-state index in [-0.39, 0.29) is 0 Å². The van der Waals surface area contributed by atoms with E-state index in [9.17, 15) is 8.42 Å². The average molecular weight is 313 g/mol. The quantitative estimate of drug-likeness (QED) is 0.651. The molecule has 0 unspecified atom stereocenters. The van der Waals surface area contributed by atoms with E-state index >= 15 is 0 Å². The fraction of sp³-hybridized carbons (Fsp3) is 0.600. The van der Waals surface area contributed by atoms with Gasteiger partial charge in [0.25, 0.3) is 0 Å². The van der Waals surface area contributed by atoms with Crippen LogP contribution in [-0.4, -0.2) is 39.4 Å². The molecule has 2 N–H and O–H groups in total. The fourth-order valence-corrected chi connectivity index (χ4v) is 3.05. The van der Waals surface area contributed by atoms with Gasteiger partial charge in [-0.25, -0.2) is 0 Å². The Morgan fingerprint density at radius 1 is 1.19 bits per heavy atom. The number of nitrogens with zero attached hydrogens (tertiary/aromatic N) is 1. The Bertz CT molecular complexity index is 517. The molecule has 120 valence electrons. The zero-order valence-electron chi connectivity index (χ0n) is 13.2. The normalized spacial score (nSPS) is 11.8. The van der Waals surface area contributed by atoms with Gasteiger partial charge >= 0.3 is 10.2 Å². The Labute approximate surface area is 128 Å². The molecular weight excluding hydrogens is 286 g/mol. The van der Waals surface area contributed by atoms with Crippen molar-refractivity contribution in [2.75, 3.05) is 31.4 Å². The molecule has 0 aliphatic carbocycles. The van der Waals surface area contributed by atoms with Gasteiger partial charge in [-0.3, -0.25) is 4.72 Å². The third kappa shape index (κ3) is 6.03. The van der Waals surface area contributed by atoms with Crippen molar-refractivity contribution in [3.05, 3.63) is 29.8 Å². The number of anilines is 1. The Morgan fingerprint density at radius 2 is 1.90 bits per heavy atom. The first-order valence-electron chi connectivity index (χ1n) is 7.54. The van der Waals surface area contributed by atoms with Crippen LogP contribution in [0.25, 0.3) is 0 Å². The van der Waals surface area contributed by atoms with Crippen LogP contribution in [0.2, 0.25) is 0 Å². The van der Waals surface area contributed by atoms with E-state index in [1.165, 1.54) is 4.31 Å². The topological polar surface area (TPSA) is 61.4 Å². The van der Waals surface area contributed by atoms with Gasteiger partial charge in [-0.2, -0.15) is 12.7 Å². The molecule has 1 aromatic rings. The van der Waals surface area contributed by atoms with Gasteiger partial charge in [0, 0.05) is 13.6 Å². The summed E-state index contributed by atoms with van der Waals surface area (Å²) in [6.07, 6.45) is 2.64. The predicted molar refractivity (Wildman–Crippen MR) is 88.8 cm³/mol. The van der Waals surface area contributed by atoms with Crippen molar-refractivity contribution in [1.29, 1.82) is 0 Å². The van der Waals surface area contributed by atoms with Crippen molar-refractivity contribution in [2.45, 2.75) is 33.1 Å². The van der Waals surface area contributed by atoms with Gasteiger partial charge in [-0.1, -0.05) is 38.5 Å². The van der Waals surface area contributed by atoms with Gasteiger partial charge in [0.15, 0.2) is 0 Å². The summed E-state index contributed by atoms with van der Waals surface area (Å²) in [5, 5.41) is 3.19. The molecule has 0 radical (unpaired) electrons. The van der Waals surface area contributed by atoms with Crippen LogP contribution in [0.4, 0.5) is 5.69 Å². The van der Waals surface area contributed by atoms with Gasteiger partial charge in [-0.15, -0.1) is 0 Å². The van der Waals surface area contributed by atoms with E-state index in [4.69, 9.17) is 0 Å². The zero-order valence-corrected chi connectivity index (χ0v) is 14.0. The molecule has 0 bridgehead atoms. The van der Waals surface area contributed by atoms with Crippen LogP contribution in [0.3, 0.4) is 0 Å². The second kappa shape index (κ2) is 9.02. The molecule has 0 fully saturated rings.